The van der Waals surface area contributed by atoms with E-state index in [4.69, 9.17) is 15.8 Å². The van der Waals surface area contributed by atoms with E-state index in [0.29, 0.717) is 6.42 Å². The number of benzene rings is 1. The molecule has 0 aliphatic rings. The third-order valence-electron chi connectivity index (χ3n) is 1.96. The Balaban J connectivity index is 2.58. The van der Waals surface area contributed by atoms with Crippen molar-refractivity contribution < 1.29 is 14.7 Å². The first-order valence-corrected chi connectivity index (χ1v) is 4.36. The van der Waals surface area contributed by atoms with Gasteiger partial charge in [0.25, 0.3) is 0 Å². The highest BCUT2D eigenvalue weighted by Gasteiger charge is 2.12. The van der Waals surface area contributed by atoms with Crippen LogP contribution in [0.4, 0.5) is 0 Å². The van der Waals surface area contributed by atoms with Crippen LogP contribution in [0.15, 0.2) is 30.3 Å². The largest absolute Gasteiger partial charge is 0.481 e. The second-order valence-corrected chi connectivity index (χ2v) is 2.97. The maximum atomic E-state index is 10.4. The van der Waals surface area contributed by atoms with Gasteiger partial charge in [-0.15, -0.1) is 0 Å². The minimum Gasteiger partial charge on any atom is -0.481 e. The highest BCUT2D eigenvalue weighted by Crippen LogP contribution is 2.20. The fourth-order valence-corrected chi connectivity index (χ4v) is 1.24. The predicted molar refractivity (Wildman–Crippen MR) is 51.3 cm³/mol. The Hall–Kier alpha value is -1.39. The minimum atomic E-state index is -0.844. The lowest BCUT2D eigenvalue weighted by Crippen LogP contribution is -2.11. The van der Waals surface area contributed by atoms with Gasteiger partial charge in [-0.25, -0.2) is 5.90 Å². The van der Waals surface area contributed by atoms with Crippen LogP contribution >= 0.6 is 0 Å². The summed E-state index contributed by atoms with van der Waals surface area (Å²) in [7, 11) is 0. The number of rotatable bonds is 5. The minimum absolute atomic E-state index is 0.0523. The predicted octanol–water partition coefficient (Wildman–Crippen LogP) is 1.48. The molecular formula is C10H13NO3. The number of carboxylic acids is 1. The first kappa shape index (κ1) is 10.7. The normalized spacial score (nSPS) is 12.4. The van der Waals surface area contributed by atoms with Gasteiger partial charge in [-0.1, -0.05) is 30.3 Å². The molecule has 1 unspecified atom stereocenters. The van der Waals surface area contributed by atoms with E-state index in [1.807, 2.05) is 30.3 Å². The Morgan fingerprint density at radius 2 is 2.07 bits per heavy atom. The van der Waals surface area contributed by atoms with Crippen molar-refractivity contribution in [2.75, 3.05) is 0 Å². The van der Waals surface area contributed by atoms with Crippen LogP contribution in [0.3, 0.4) is 0 Å². The van der Waals surface area contributed by atoms with Crippen molar-refractivity contribution in [3.05, 3.63) is 35.9 Å². The Bertz CT molecular complexity index is 287. The fourth-order valence-electron chi connectivity index (χ4n) is 1.24. The molecule has 0 spiro atoms. The summed E-state index contributed by atoms with van der Waals surface area (Å²) in [5.41, 5.74) is 0.899. The van der Waals surface area contributed by atoms with Gasteiger partial charge in [-0.3, -0.25) is 9.63 Å². The van der Waals surface area contributed by atoms with Gasteiger partial charge >= 0.3 is 5.97 Å². The second-order valence-electron chi connectivity index (χ2n) is 2.97. The quantitative estimate of drug-likeness (QED) is 0.698. The van der Waals surface area contributed by atoms with Crippen molar-refractivity contribution in [3.8, 4) is 0 Å². The molecule has 0 bridgehead atoms. The topological polar surface area (TPSA) is 72.5 Å². The van der Waals surface area contributed by atoms with Gasteiger partial charge in [0.05, 0.1) is 0 Å². The van der Waals surface area contributed by atoms with E-state index in [0.717, 1.165) is 5.56 Å². The molecule has 0 aromatic heterocycles. The van der Waals surface area contributed by atoms with Crippen LogP contribution in [0.2, 0.25) is 0 Å². The molecule has 0 aliphatic heterocycles. The lowest BCUT2D eigenvalue weighted by molar-refractivity contribution is -0.137. The van der Waals surface area contributed by atoms with Crippen molar-refractivity contribution in [3.63, 3.8) is 0 Å². The summed E-state index contributed by atoms with van der Waals surface area (Å²) in [5, 5.41) is 8.51. The molecule has 1 rings (SSSR count). The zero-order valence-corrected chi connectivity index (χ0v) is 7.72. The van der Waals surface area contributed by atoms with Gasteiger partial charge in [-0.05, 0) is 12.0 Å². The van der Waals surface area contributed by atoms with E-state index in [1.165, 1.54) is 0 Å². The van der Waals surface area contributed by atoms with E-state index in [2.05, 4.69) is 0 Å². The van der Waals surface area contributed by atoms with Crippen LogP contribution < -0.4 is 5.90 Å². The molecule has 0 radical (unpaired) electrons. The van der Waals surface area contributed by atoms with E-state index in [-0.39, 0.29) is 12.5 Å². The van der Waals surface area contributed by atoms with Crippen LogP contribution in [0, 0.1) is 0 Å². The molecule has 1 atom stereocenters. The summed E-state index contributed by atoms with van der Waals surface area (Å²) in [5.74, 6) is 4.25. The Morgan fingerprint density at radius 3 is 2.57 bits per heavy atom. The van der Waals surface area contributed by atoms with Crippen LogP contribution in [-0.4, -0.2) is 11.1 Å². The third kappa shape index (κ3) is 3.16. The number of nitrogens with two attached hydrogens (primary N) is 1. The highest BCUT2D eigenvalue weighted by molar-refractivity contribution is 5.66. The van der Waals surface area contributed by atoms with Gasteiger partial charge in [0.15, 0.2) is 0 Å². The number of aliphatic carboxylic acids is 1. The number of carbonyl (C=O) groups is 1. The average molecular weight is 195 g/mol. The molecule has 14 heavy (non-hydrogen) atoms. The van der Waals surface area contributed by atoms with E-state index >= 15 is 0 Å². The smallest absolute Gasteiger partial charge is 0.303 e. The first-order chi connectivity index (χ1) is 6.74. The number of carboxylic acid groups (broad SMARTS) is 1. The van der Waals surface area contributed by atoms with Crippen molar-refractivity contribution >= 4 is 5.97 Å². The van der Waals surface area contributed by atoms with Crippen LogP contribution in [0.25, 0.3) is 0 Å². The Kier molecular flexibility index (Phi) is 4.10. The summed E-state index contributed by atoms with van der Waals surface area (Å²) in [6, 6.07) is 9.33. The first-order valence-electron chi connectivity index (χ1n) is 4.36. The second kappa shape index (κ2) is 5.36. The van der Waals surface area contributed by atoms with Crippen molar-refractivity contribution in [1.82, 2.24) is 0 Å². The zero-order chi connectivity index (χ0) is 10.4. The van der Waals surface area contributed by atoms with Gasteiger partial charge in [-0.2, -0.15) is 0 Å². The Labute approximate surface area is 82.3 Å². The average Bonchev–Trinajstić information content (AvgIpc) is 2.20. The van der Waals surface area contributed by atoms with Gasteiger partial charge in [0.2, 0.25) is 0 Å². The van der Waals surface area contributed by atoms with E-state index < -0.39 is 5.97 Å². The van der Waals surface area contributed by atoms with Crippen LogP contribution in [-0.2, 0) is 9.63 Å². The lowest BCUT2D eigenvalue weighted by atomic mass is 10.1. The molecule has 0 heterocycles. The highest BCUT2D eigenvalue weighted by atomic mass is 16.6. The summed E-state index contributed by atoms with van der Waals surface area (Å²) < 4.78 is 0. The van der Waals surface area contributed by atoms with Crippen molar-refractivity contribution in [1.29, 1.82) is 0 Å². The zero-order valence-electron chi connectivity index (χ0n) is 7.72. The van der Waals surface area contributed by atoms with Gasteiger partial charge < -0.3 is 5.11 Å². The number of hydrogen-bond donors (Lipinski definition) is 2. The Morgan fingerprint density at radius 1 is 1.43 bits per heavy atom. The maximum Gasteiger partial charge on any atom is 0.303 e. The van der Waals surface area contributed by atoms with Gasteiger partial charge in [0, 0.05) is 6.42 Å². The van der Waals surface area contributed by atoms with Crippen LogP contribution in [0.1, 0.15) is 24.5 Å². The summed E-state index contributed by atoms with van der Waals surface area (Å²) in [6.45, 7) is 0. The van der Waals surface area contributed by atoms with Crippen LogP contribution in [0.5, 0.6) is 0 Å². The molecule has 1 aromatic carbocycles. The molecule has 3 N–H and O–H groups in total. The molecule has 0 saturated carbocycles. The molecule has 1 aromatic rings. The summed E-state index contributed by atoms with van der Waals surface area (Å²) in [6.07, 6.45) is 0.0966. The summed E-state index contributed by atoms with van der Waals surface area (Å²) in [4.78, 5) is 15.1. The molecular weight excluding hydrogens is 182 g/mol. The van der Waals surface area contributed by atoms with E-state index in [9.17, 15) is 4.79 Å². The molecule has 76 valence electrons. The monoisotopic (exact) mass is 195 g/mol. The third-order valence-corrected chi connectivity index (χ3v) is 1.96. The molecule has 0 amide bonds. The molecule has 0 fully saturated rings. The van der Waals surface area contributed by atoms with Crippen molar-refractivity contribution in [2.24, 2.45) is 5.90 Å². The van der Waals surface area contributed by atoms with E-state index in [1.54, 1.807) is 0 Å². The van der Waals surface area contributed by atoms with Gasteiger partial charge in [0.1, 0.15) is 6.10 Å². The van der Waals surface area contributed by atoms with Crippen molar-refractivity contribution in [2.45, 2.75) is 18.9 Å². The fraction of sp³-hybridized carbons (Fsp3) is 0.300. The number of hydrogen-bond acceptors (Lipinski definition) is 3. The molecule has 0 saturated heterocycles. The SMILES string of the molecule is NOC(CCC(=O)O)c1ccccc1. The standard InChI is InChI=1S/C10H13NO3/c11-14-9(6-7-10(12)13)8-4-2-1-3-5-8/h1-5,9H,6-7,11H2,(H,12,13). The molecule has 0 aliphatic carbocycles. The molecule has 4 nitrogen and oxygen atoms in total. The maximum absolute atomic E-state index is 10.4. The summed E-state index contributed by atoms with van der Waals surface area (Å²) >= 11 is 0. The molecule has 4 heteroatoms. The lowest BCUT2D eigenvalue weighted by Gasteiger charge is -2.13.